The van der Waals surface area contributed by atoms with Gasteiger partial charge in [0.2, 0.25) is 0 Å². The zero-order chi connectivity index (χ0) is 15.9. The highest BCUT2D eigenvalue weighted by atomic mass is 35.5. The van der Waals surface area contributed by atoms with E-state index < -0.39 is 0 Å². The fourth-order valence-corrected chi connectivity index (χ4v) is 2.80. The van der Waals surface area contributed by atoms with Crippen LogP contribution in [0.1, 0.15) is 30.1 Å². The van der Waals surface area contributed by atoms with E-state index in [1.807, 2.05) is 36.1 Å². The molecule has 23 heavy (non-hydrogen) atoms. The van der Waals surface area contributed by atoms with Crippen molar-refractivity contribution in [3.8, 4) is 5.75 Å². The molecule has 2 N–H and O–H groups in total. The third kappa shape index (κ3) is 5.37. The number of benzene rings is 1. The number of hydrogen-bond donors (Lipinski definition) is 1. The highest BCUT2D eigenvalue weighted by molar-refractivity contribution is 5.97. The van der Waals surface area contributed by atoms with Crippen molar-refractivity contribution in [2.24, 2.45) is 11.7 Å². The number of piperidine rings is 1. The molecule has 1 amide bonds. The number of carbonyl (C=O) groups is 1. The molecule has 1 aliphatic rings. The normalized spacial score (nSPS) is 18.9. The van der Waals surface area contributed by atoms with Crippen molar-refractivity contribution in [3.63, 3.8) is 0 Å². The first-order chi connectivity index (χ1) is 10.6. The molecule has 1 saturated heterocycles. The summed E-state index contributed by atoms with van der Waals surface area (Å²) in [5.74, 6) is 1.02. The van der Waals surface area contributed by atoms with Crippen LogP contribution in [0.5, 0.6) is 5.75 Å². The van der Waals surface area contributed by atoms with Crippen LogP contribution < -0.4 is 10.5 Å². The molecule has 2 rings (SSSR count). The van der Waals surface area contributed by atoms with Gasteiger partial charge < -0.3 is 20.1 Å². The van der Waals surface area contributed by atoms with Crippen molar-refractivity contribution in [2.45, 2.75) is 25.8 Å². The maximum absolute atomic E-state index is 12.8. The van der Waals surface area contributed by atoms with Crippen LogP contribution in [0.25, 0.3) is 0 Å². The number of nitrogens with two attached hydrogens (primary N) is 1. The first-order valence-electron chi connectivity index (χ1n) is 7.89. The lowest BCUT2D eigenvalue weighted by Gasteiger charge is -2.34. The van der Waals surface area contributed by atoms with Gasteiger partial charge in [-0.3, -0.25) is 4.79 Å². The van der Waals surface area contributed by atoms with E-state index in [2.05, 4.69) is 0 Å². The first kappa shape index (κ1) is 19.7. The summed E-state index contributed by atoms with van der Waals surface area (Å²) in [4.78, 5) is 14.7. The summed E-state index contributed by atoms with van der Waals surface area (Å²) in [6.07, 6.45) is 2.10. The maximum atomic E-state index is 12.8. The van der Waals surface area contributed by atoms with Crippen LogP contribution in [0, 0.1) is 5.92 Å². The minimum Gasteiger partial charge on any atom is -0.490 e. The quantitative estimate of drug-likeness (QED) is 0.806. The molecule has 6 heteroatoms. The van der Waals surface area contributed by atoms with Gasteiger partial charge in [-0.1, -0.05) is 12.1 Å². The monoisotopic (exact) mass is 342 g/mol. The average molecular weight is 343 g/mol. The number of nitrogens with zero attached hydrogens (tertiary/aromatic N) is 1. The molecular weight excluding hydrogens is 316 g/mol. The van der Waals surface area contributed by atoms with Crippen LogP contribution in [0.15, 0.2) is 24.3 Å². The molecule has 2 atom stereocenters. The molecule has 2 unspecified atom stereocenters. The van der Waals surface area contributed by atoms with E-state index >= 15 is 0 Å². The second kappa shape index (κ2) is 9.75. The molecule has 1 aliphatic heterocycles. The Kier molecular flexibility index (Phi) is 8.37. The largest absolute Gasteiger partial charge is 0.490 e. The molecule has 1 aromatic rings. The van der Waals surface area contributed by atoms with Crippen molar-refractivity contribution in [3.05, 3.63) is 29.8 Å². The van der Waals surface area contributed by atoms with Crippen molar-refractivity contribution < 1.29 is 14.3 Å². The summed E-state index contributed by atoms with van der Waals surface area (Å²) in [7, 11) is 1.63. The number of rotatable bonds is 6. The number of likely N-dealkylation sites (tertiary alicyclic amines) is 1. The Morgan fingerprint density at radius 3 is 2.83 bits per heavy atom. The first-order valence-corrected chi connectivity index (χ1v) is 7.89. The Morgan fingerprint density at radius 2 is 2.13 bits per heavy atom. The highest BCUT2D eigenvalue weighted by Crippen LogP contribution is 2.24. The molecule has 0 aliphatic carbocycles. The van der Waals surface area contributed by atoms with Crippen LogP contribution in [0.3, 0.4) is 0 Å². The average Bonchev–Trinajstić information content (AvgIpc) is 2.55. The van der Waals surface area contributed by atoms with E-state index in [4.69, 9.17) is 15.2 Å². The second-order valence-electron chi connectivity index (χ2n) is 5.85. The highest BCUT2D eigenvalue weighted by Gasteiger charge is 2.27. The van der Waals surface area contributed by atoms with Crippen molar-refractivity contribution in [2.75, 3.05) is 33.4 Å². The van der Waals surface area contributed by atoms with Gasteiger partial charge in [-0.05, 0) is 37.8 Å². The molecule has 1 heterocycles. The summed E-state index contributed by atoms with van der Waals surface area (Å²) in [6.45, 7) is 4.46. The SMILES string of the molecule is COCCOc1ccccc1C(=O)N1CCCC(C(C)N)C1.Cl. The molecule has 130 valence electrons. The van der Waals surface area contributed by atoms with E-state index in [9.17, 15) is 4.79 Å². The number of methoxy groups -OCH3 is 1. The Bertz CT molecular complexity index is 496. The fourth-order valence-electron chi connectivity index (χ4n) is 2.80. The topological polar surface area (TPSA) is 64.8 Å². The standard InChI is InChI=1S/C17H26N2O3.ClH/c1-13(18)14-6-5-9-19(12-14)17(20)15-7-3-4-8-16(15)22-11-10-21-2;/h3-4,7-8,13-14H,5-6,9-12,18H2,1-2H3;1H. The summed E-state index contributed by atoms with van der Waals surface area (Å²) < 4.78 is 10.7. The van der Waals surface area contributed by atoms with Gasteiger partial charge in [0.15, 0.2) is 0 Å². The number of amides is 1. The molecular formula is C17H27ClN2O3. The smallest absolute Gasteiger partial charge is 0.257 e. The van der Waals surface area contributed by atoms with Gasteiger partial charge in [-0.2, -0.15) is 0 Å². The molecule has 0 aromatic heterocycles. The minimum absolute atomic E-state index is 0. The summed E-state index contributed by atoms with van der Waals surface area (Å²) in [5.41, 5.74) is 6.62. The predicted octanol–water partition coefficient (Wildman–Crippen LogP) is 2.33. The van der Waals surface area contributed by atoms with Crippen LogP contribution in [-0.2, 0) is 4.74 Å². The molecule has 5 nitrogen and oxygen atoms in total. The molecule has 0 bridgehead atoms. The predicted molar refractivity (Wildman–Crippen MR) is 93.3 cm³/mol. The van der Waals surface area contributed by atoms with Crippen LogP contribution in [-0.4, -0.2) is 50.3 Å². The van der Waals surface area contributed by atoms with Crippen LogP contribution in [0.2, 0.25) is 0 Å². The van der Waals surface area contributed by atoms with Gasteiger partial charge in [-0.25, -0.2) is 0 Å². The van der Waals surface area contributed by atoms with E-state index in [0.29, 0.717) is 30.4 Å². The van der Waals surface area contributed by atoms with Crippen molar-refractivity contribution in [1.29, 1.82) is 0 Å². The van der Waals surface area contributed by atoms with Crippen molar-refractivity contribution in [1.82, 2.24) is 4.90 Å². The van der Waals surface area contributed by atoms with Crippen LogP contribution in [0.4, 0.5) is 0 Å². The Balaban J connectivity index is 0.00000264. The van der Waals surface area contributed by atoms with Crippen molar-refractivity contribution >= 4 is 18.3 Å². The third-order valence-electron chi connectivity index (χ3n) is 4.15. The number of carbonyl (C=O) groups excluding carboxylic acids is 1. The summed E-state index contributed by atoms with van der Waals surface area (Å²) >= 11 is 0. The maximum Gasteiger partial charge on any atom is 0.257 e. The lowest BCUT2D eigenvalue weighted by molar-refractivity contribution is 0.0654. The van der Waals surface area contributed by atoms with Gasteiger partial charge in [0.1, 0.15) is 12.4 Å². The van der Waals surface area contributed by atoms with E-state index in [1.54, 1.807) is 7.11 Å². The number of para-hydroxylation sites is 1. The zero-order valence-corrected chi connectivity index (χ0v) is 14.7. The number of halogens is 1. The molecule has 0 saturated carbocycles. The van der Waals surface area contributed by atoms with Gasteiger partial charge in [0, 0.05) is 26.2 Å². The molecule has 0 spiro atoms. The van der Waals surface area contributed by atoms with Crippen LogP contribution >= 0.6 is 12.4 Å². The Labute approximate surface area is 144 Å². The minimum atomic E-state index is 0. The van der Waals surface area contributed by atoms with Gasteiger partial charge in [0.05, 0.1) is 12.2 Å². The third-order valence-corrected chi connectivity index (χ3v) is 4.15. The lowest BCUT2D eigenvalue weighted by atomic mass is 9.92. The number of ether oxygens (including phenoxy) is 2. The van der Waals surface area contributed by atoms with Gasteiger partial charge >= 0.3 is 0 Å². The van der Waals surface area contributed by atoms with Gasteiger partial charge in [-0.15, -0.1) is 12.4 Å². The van der Waals surface area contributed by atoms with Gasteiger partial charge in [0.25, 0.3) is 5.91 Å². The molecule has 0 radical (unpaired) electrons. The number of hydrogen-bond acceptors (Lipinski definition) is 4. The zero-order valence-electron chi connectivity index (χ0n) is 13.9. The molecule has 1 aromatic carbocycles. The Hall–Kier alpha value is -1.30. The summed E-state index contributed by atoms with van der Waals surface area (Å²) in [6, 6.07) is 7.50. The second-order valence-corrected chi connectivity index (χ2v) is 5.85. The van der Waals surface area contributed by atoms with E-state index in [0.717, 1.165) is 25.9 Å². The fraction of sp³-hybridized carbons (Fsp3) is 0.588. The van der Waals surface area contributed by atoms with E-state index in [1.165, 1.54) is 0 Å². The molecule has 1 fully saturated rings. The Morgan fingerprint density at radius 1 is 1.39 bits per heavy atom. The summed E-state index contributed by atoms with van der Waals surface area (Å²) in [5, 5.41) is 0. The lowest BCUT2D eigenvalue weighted by Crippen LogP contribution is -2.45. The van der Waals surface area contributed by atoms with E-state index in [-0.39, 0.29) is 24.4 Å².